The van der Waals surface area contributed by atoms with Crippen LogP contribution in [0, 0.1) is 12.7 Å². The summed E-state index contributed by atoms with van der Waals surface area (Å²) >= 11 is 0. The number of rotatable bonds is 3. The van der Waals surface area contributed by atoms with E-state index in [4.69, 9.17) is 0 Å². The zero-order valence-electron chi connectivity index (χ0n) is 9.55. The van der Waals surface area contributed by atoms with Crippen LogP contribution in [0.15, 0.2) is 24.3 Å². The third kappa shape index (κ3) is 1.98. The van der Waals surface area contributed by atoms with Crippen LogP contribution in [0.1, 0.15) is 18.9 Å². The van der Waals surface area contributed by atoms with Crippen LogP contribution in [0.4, 0.5) is 10.2 Å². The van der Waals surface area contributed by atoms with Gasteiger partial charge < -0.3 is 5.32 Å². The van der Waals surface area contributed by atoms with Crippen molar-refractivity contribution in [3.63, 3.8) is 0 Å². The molecule has 0 unspecified atom stereocenters. The van der Waals surface area contributed by atoms with E-state index in [1.165, 1.54) is 6.07 Å². The Morgan fingerprint density at radius 2 is 2.19 bits per heavy atom. The molecule has 1 aromatic heterocycles. The van der Waals surface area contributed by atoms with Crippen molar-refractivity contribution < 1.29 is 4.39 Å². The first-order valence-corrected chi connectivity index (χ1v) is 5.52. The number of aryl methyl sites for hydroxylation is 1. The van der Waals surface area contributed by atoms with Gasteiger partial charge in [-0.25, -0.2) is 9.37 Å². The van der Waals surface area contributed by atoms with Crippen molar-refractivity contribution in [2.75, 3.05) is 11.9 Å². The fourth-order valence-corrected chi connectivity index (χ4v) is 1.69. The molecular formula is C13H15FN2. The van der Waals surface area contributed by atoms with Gasteiger partial charge in [0.1, 0.15) is 17.2 Å². The summed E-state index contributed by atoms with van der Waals surface area (Å²) in [7, 11) is 0. The summed E-state index contributed by atoms with van der Waals surface area (Å²) in [5.41, 5.74) is 1.48. The molecule has 0 spiro atoms. The van der Waals surface area contributed by atoms with Crippen LogP contribution in [0.25, 0.3) is 10.9 Å². The molecule has 3 heteroatoms. The Hall–Kier alpha value is -1.64. The lowest BCUT2D eigenvalue weighted by molar-refractivity contribution is 0.637. The second kappa shape index (κ2) is 4.47. The number of hydrogen-bond acceptors (Lipinski definition) is 2. The molecule has 0 radical (unpaired) electrons. The van der Waals surface area contributed by atoms with Gasteiger partial charge in [-0.3, -0.25) is 0 Å². The molecule has 2 nitrogen and oxygen atoms in total. The Morgan fingerprint density at radius 3 is 2.94 bits per heavy atom. The van der Waals surface area contributed by atoms with Gasteiger partial charge in [-0.1, -0.05) is 19.1 Å². The van der Waals surface area contributed by atoms with E-state index in [9.17, 15) is 4.39 Å². The lowest BCUT2D eigenvalue weighted by Crippen LogP contribution is -2.04. The number of fused-ring (bicyclic) bond motifs is 1. The van der Waals surface area contributed by atoms with Gasteiger partial charge in [0.2, 0.25) is 0 Å². The first-order chi connectivity index (χ1) is 7.72. The molecule has 0 bridgehead atoms. The molecule has 0 saturated carbocycles. The molecule has 16 heavy (non-hydrogen) atoms. The lowest BCUT2D eigenvalue weighted by atomic mass is 10.1. The Labute approximate surface area is 94.5 Å². The summed E-state index contributed by atoms with van der Waals surface area (Å²) in [4.78, 5) is 4.33. The molecule has 2 rings (SSSR count). The SMILES string of the molecule is CCCNc1nc2c(F)cccc2cc1C. The number of pyridine rings is 1. The quantitative estimate of drug-likeness (QED) is 0.852. The van der Waals surface area contributed by atoms with Crippen molar-refractivity contribution in [1.82, 2.24) is 4.98 Å². The van der Waals surface area contributed by atoms with Crippen LogP contribution in [0.2, 0.25) is 0 Å². The van der Waals surface area contributed by atoms with Crippen molar-refractivity contribution >= 4 is 16.7 Å². The van der Waals surface area contributed by atoms with Crippen molar-refractivity contribution in [2.45, 2.75) is 20.3 Å². The van der Waals surface area contributed by atoms with E-state index in [2.05, 4.69) is 17.2 Å². The summed E-state index contributed by atoms with van der Waals surface area (Å²) in [6.07, 6.45) is 1.02. The predicted molar refractivity (Wildman–Crippen MR) is 65.2 cm³/mol. The first kappa shape index (κ1) is 10.9. The average Bonchev–Trinajstić information content (AvgIpc) is 2.27. The van der Waals surface area contributed by atoms with Gasteiger partial charge in [0.05, 0.1) is 0 Å². The zero-order chi connectivity index (χ0) is 11.5. The van der Waals surface area contributed by atoms with Crippen LogP contribution >= 0.6 is 0 Å². The molecule has 0 saturated heterocycles. The zero-order valence-corrected chi connectivity index (χ0v) is 9.55. The standard InChI is InChI=1S/C13H15FN2/c1-3-7-15-13-9(2)8-10-5-4-6-11(14)12(10)16-13/h4-6,8H,3,7H2,1-2H3,(H,15,16). The molecular weight excluding hydrogens is 203 g/mol. The monoisotopic (exact) mass is 218 g/mol. The number of para-hydroxylation sites is 1. The van der Waals surface area contributed by atoms with Gasteiger partial charge in [0.15, 0.2) is 0 Å². The van der Waals surface area contributed by atoms with Crippen molar-refractivity contribution in [3.05, 3.63) is 35.6 Å². The second-order valence-corrected chi connectivity index (χ2v) is 3.89. The molecule has 0 fully saturated rings. The maximum absolute atomic E-state index is 13.5. The second-order valence-electron chi connectivity index (χ2n) is 3.89. The molecule has 2 aromatic rings. The van der Waals surface area contributed by atoms with Gasteiger partial charge in [0.25, 0.3) is 0 Å². The number of anilines is 1. The smallest absolute Gasteiger partial charge is 0.149 e. The minimum absolute atomic E-state index is 0.267. The average molecular weight is 218 g/mol. The third-order valence-electron chi connectivity index (χ3n) is 2.53. The minimum atomic E-state index is -0.267. The summed E-state index contributed by atoms with van der Waals surface area (Å²) in [6, 6.07) is 6.98. The van der Waals surface area contributed by atoms with E-state index in [1.807, 2.05) is 19.1 Å². The highest BCUT2D eigenvalue weighted by Gasteiger charge is 2.06. The Kier molecular flexibility index (Phi) is 3.04. The summed E-state index contributed by atoms with van der Waals surface area (Å²) in [6.45, 7) is 4.92. The van der Waals surface area contributed by atoms with Crippen LogP contribution < -0.4 is 5.32 Å². The Bertz CT molecular complexity index is 509. The maximum Gasteiger partial charge on any atom is 0.149 e. The highest BCUT2D eigenvalue weighted by Crippen LogP contribution is 2.21. The number of hydrogen-bond donors (Lipinski definition) is 1. The molecule has 1 N–H and O–H groups in total. The van der Waals surface area contributed by atoms with Gasteiger partial charge in [-0.15, -0.1) is 0 Å². The van der Waals surface area contributed by atoms with Gasteiger partial charge >= 0.3 is 0 Å². The van der Waals surface area contributed by atoms with Gasteiger partial charge in [-0.2, -0.15) is 0 Å². The van der Waals surface area contributed by atoms with E-state index in [-0.39, 0.29) is 5.82 Å². The summed E-state index contributed by atoms with van der Waals surface area (Å²) < 4.78 is 13.5. The van der Waals surface area contributed by atoms with Gasteiger partial charge in [-0.05, 0) is 31.0 Å². The van der Waals surface area contributed by atoms with E-state index >= 15 is 0 Å². The molecule has 84 valence electrons. The molecule has 0 aliphatic carbocycles. The summed E-state index contributed by atoms with van der Waals surface area (Å²) in [5.74, 6) is 0.511. The van der Waals surface area contributed by atoms with Crippen molar-refractivity contribution in [1.29, 1.82) is 0 Å². The van der Waals surface area contributed by atoms with E-state index in [0.29, 0.717) is 5.52 Å². The summed E-state index contributed by atoms with van der Waals surface area (Å²) in [5, 5.41) is 4.05. The highest BCUT2D eigenvalue weighted by atomic mass is 19.1. The Morgan fingerprint density at radius 1 is 1.38 bits per heavy atom. The molecule has 0 atom stereocenters. The van der Waals surface area contributed by atoms with Crippen molar-refractivity contribution in [3.8, 4) is 0 Å². The molecule has 1 aromatic carbocycles. The third-order valence-corrected chi connectivity index (χ3v) is 2.53. The fourth-order valence-electron chi connectivity index (χ4n) is 1.69. The van der Waals surface area contributed by atoms with Crippen LogP contribution in [0.5, 0.6) is 0 Å². The fraction of sp³-hybridized carbons (Fsp3) is 0.308. The van der Waals surface area contributed by atoms with Crippen LogP contribution in [-0.2, 0) is 0 Å². The number of nitrogens with one attached hydrogen (secondary N) is 1. The largest absolute Gasteiger partial charge is 0.370 e. The molecule has 0 amide bonds. The number of aromatic nitrogens is 1. The van der Waals surface area contributed by atoms with E-state index in [0.717, 1.165) is 29.7 Å². The van der Waals surface area contributed by atoms with E-state index in [1.54, 1.807) is 6.07 Å². The Balaban J connectivity index is 2.51. The topological polar surface area (TPSA) is 24.9 Å². The van der Waals surface area contributed by atoms with Crippen LogP contribution in [0.3, 0.4) is 0 Å². The first-order valence-electron chi connectivity index (χ1n) is 5.52. The van der Waals surface area contributed by atoms with Gasteiger partial charge in [0, 0.05) is 11.9 Å². The van der Waals surface area contributed by atoms with Crippen LogP contribution in [-0.4, -0.2) is 11.5 Å². The minimum Gasteiger partial charge on any atom is -0.370 e. The normalized spacial score (nSPS) is 10.7. The molecule has 0 aliphatic heterocycles. The lowest BCUT2D eigenvalue weighted by Gasteiger charge is -2.09. The number of benzene rings is 1. The highest BCUT2D eigenvalue weighted by molar-refractivity contribution is 5.82. The maximum atomic E-state index is 13.5. The predicted octanol–water partition coefficient (Wildman–Crippen LogP) is 3.50. The van der Waals surface area contributed by atoms with E-state index < -0.39 is 0 Å². The van der Waals surface area contributed by atoms with Crippen molar-refractivity contribution in [2.24, 2.45) is 0 Å². The number of halogens is 1. The molecule has 0 aliphatic rings. The molecule has 1 heterocycles. The number of nitrogens with zero attached hydrogens (tertiary/aromatic N) is 1.